The summed E-state index contributed by atoms with van der Waals surface area (Å²) in [4.78, 5) is 11.6. The highest BCUT2D eigenvalue weighted by atomic mass is 35.5. The molecule has 1 atom stereocenters. The molecule has 0 spiro atoms. The lowest BCUT2D eigenvalue weighted by Gasteiger charge is -2.27. The van der Waals surface area contributed by atoms with Crippen molar-refractivity contribution in [3.05, 3.63) is 35.9 Å². The molecule has 0 aliphatic heterocycles. The fourth-order valence-corrected chi connectivity index (χ4v) is 2.31. The lowest BCUT2D eigenvalue weighted by atomic mass is 9.78. The Balaban J connectivity index is 2.83. The van der Waals surface area contributed by atoms with Crippen LogP contribution in [0.2, 0.25) is 0 Å². The van der Waals surface area contributed by atoms with Crippen LogP contribution in [-0.2, 0) is 11.2 Å². The van der Waals surface area contributed by atoms with E-state index in [1.165, 1.54) is 5.56 Å². The van der Waals surface area contributed by atoms with Gasteiger partial charge in [0.15, 0.2) is 0 Å². The van der Waals surface area contributed by atoms with E-state index in [9.17, 15) is 4.79 Å². The van der Waals surface area contributed by atoms with Crippen molar-refractivity contribution in [2.24, 2.45) is 11.3 Å². The van der Waals surface area contributed by atoms with E-state index in [1.807, 2.05) is 37.3 Å². The Bertz CT molecular complexity index is 345. The van der Waals surface area contributed by atoms with Gasteiger partial charge in [-0.1, -0.05) is 51.1 Å². The minimum absolute atomic E-state index is 0.231. The van der Waals surface area contributed by atoms with Crippen molar-refractivity contribution < 1.29 is 4.79 Å². The molecule has 0 aliphatic carbocycles. The van der Waals surface area contributed by atoms with Gasteiger partial charge in [-0.2, -0.15) is 0 Å². The average Bonchev–Trinajstić information content (AvgIpc) is 2.17. The zero-order valence-corrected chi connectivity index (χ0v) is 10.9. The molecule has 0 saturated carbocycles. The molecule has 0 amide bonds. The van der Waals surface area contributed by atoms with Gasteiger partial charge in [-0.3, -0.25) is 4.79 Å². The Morgan fingerprint density at radius 2 is 1.88 bits per heavy atom. The molecule has 1 aromatic carbocycles. The van der Waals surface area contributed by atoms with Crippen LogP contribution in [0.3, 0.4) is 0 Å². The third kappa shape index (κ3) is 3.64. The lowest BCUT2D eigenvalue weighted by Crippen LogP contribution is -2.28. The third-order valence-electron chi connectivity index (χ3n) is 2.77. The van der Waals surface area contributed by atoms with E-state index in [2.05, 4.69) is 13.8 Å². The fraction of sp³-hybridized carbons (Fsp3) is 0.500. The van der Waals surface area contributed by atoms with Gasteiger partial charge in [0.1, 0.15) is 0 Å². The van der Waals surface area contributed by atoms with Crippen molar-refractivity contribution in [3.8, 4) is 0 Å². The van der Waals surface area contributed by atoms with Crippen LogP contribution in [0.15, 0.2) is 30.3 Å². The summed E-state index contributed by atoms with van der Waals surface area (Å²) in [6, 6.07) is 10.0. The summed E-state index contributed by atoms with van der Waals surface area (Å²) in [5, 5.41) is -0.231. The fourth-order valence-electron chi connectivity index (χ4n) is 2.17. The van der Waals surface area contributed by atoms with E-state index in [1.54, 1.807) is 0 Å². The molecule has 0 heterocycles. The van der Waals surface area contributed by atoms with Crippen LogP contribution >= 0.6 is 11.6 Å². The molecule has 2 heteroatoms. The van der Waals surface area contributed by atoms with Crippen LogP contribution in [0, 0.1) is 11.3 Å². The van der Waals surface area contributed by atoms with Crippen molar-refractivity contribution in [1.82, 2.24) is 0 Å². The normalized spacial score (nSPS) is 14.8. The van der Waals surface area contributed by atoms with Gasteiger partial charge in [-0.25, -0.2) is 0 Å². The van der Waals surface area contributed by atoms with Gasteiger partial charge in [0, 0.05) is 5.41 Å². The molecular weight excluding hydrogens is 220 g/mol. The summed E-state index contributed by atoms with van der Waals surface area (Å²) in [7, 11) is 0. The third-order valence-corrected chi connectivity index (χ3v) is 3.23. The van der Waals surface area contributed by atoms with Crippen LogP contribution in [0.4, 0.5) is 0 Å². The monoisotopic (exact) mass is 238 g/mol. The maximum Gasteiger partial charge on any atom is 0.227 e. The summed E-state index contributed by atoms with van der Waals surface area (Å²) in [5.41, 5.74) is 0.719. The Kier molecular flexibility index (Phi) is 4.55. The molecule has 0 bridgehead atoms. The zero-order chi connectivity index (χ0) is 12.2. The molecule has 16 heavy (non-hydrogen) atoms. The minimum atomic E-state index is -0.447. The van der Waals surface area contributed by atoms with Crippen molar-refractivity contribution >= 4 is 16.8 Å². The summed E-state index contributed by atoms with van der Waals surface area (Å²) in [6.45, 7) is 6.18. The first kappa shape index (κ1) is 13.2. The van der Waals surface area contributed by atoms with Crippen molar-refractivity contribution in [3.63, 3.8) is 0 Å². The van der Waals surface area contributed by atoms with Crippen LogP contribution < -0.4 is 0 Å². The van der Waals surface area contributed by atoms with E-state index in [0.29, 0.717) is 12.3 Å². The van der Waals surface area contributed by atoms with Crippen molar-refractivity contribution in [2.45, 2.75) is 33.6 Å². The number of halogens is 1. The smallest absolute Gasteiger partial charge is 0.227 e. The van der Waals surface area contributed by atoms with Crippen molar-refractivity contribution in [2.75, 3.05) is 0 Å². The maximum absolute atomic E-state index is 11.6. The minimum Gasteiger partial charge on any atom is -0.281 e. The Hall–Kier alpha value is -0.820. The Morgan fingerprint density at radius 1 is 1.31 bits per heavy atom. The second-order valence-corrected chi connectivity index (χ2v) is 5.44. The van der Waals surface area contributed by atoms with Crippen LogP contribution in [0.1, 0.15) is 32.8 Å². The van der Waals surface area contributed by atoms with Crippen LogP contribution in [0.25, 0.3) is 0 Å². The van der Waals surface area contributed by atoms with Gasteiger partial charge >= 0.3 is 0 Å². The van der Waals surface area contributed by atoms with Crippen molar-refractivity contribution in [1.29, 1.82) is 0 Å². The number of hydrogen-bond acceptors (Lipinski definition) is 1. The average molecular weight is 239 g/mol. The molecule has 1 unspecified atom stereocenters. The van der Waals surface area contributed by atoms with Gasteiger partial charge in [0.05, 0.1) is 0 Å². The summed E-state index contributed by atoms with van der Waals surface area (Å²) in [5.74, 6) is 0.469. The molecule has 0 aromatic heterocycles. The number of carbonyl (C=O) groups excluding carboxylic acids is 1. The van der Waals surface area contributed by atoms with Crippen LogP contribution in [-0.4, -0.2) is 5.24 Å². The molecule has 1 nitrogen and oxygen atoms in total. The number of benzene rings is 1. The van der Waals surface area contributed by atoms with Gasteiger partial charge in [0.25, 0.3) is 0 Å². The Morgan fingerprint density at radius 3 is 2.31 bits per heavy atom. The maximum atomic E-state index is 11.6. The van der Waals surface area contributed by atoms with Gasteiger partial charge < -0.3 is 0 Å². The Labute approximate surface area is 103 Å². The first-order valence-corrected chi connectivity index (χ1v) is 6.06. The molecule has 88 valence electrons. The summed E-state index contributed by atoms with van der Waals surface area (Å²) in [6.07, 6.45) is 1.54. The zero-order valence-electron chi connectivity index (χ0n) is 10.2. The molecule has 0 fully saturated rings. The quantitative estimate of drug-likeness (QED) is 0.708. The number of carbonyl (C=O) groups is 1. The SMILES string of the molecule is CC(C)CC(C)(Cc1ccccc1)C(=O)Cl. The van der Waals surface area contributed by atoms with Gasteiger partial charge in [-0.15, -0.1) is 0 Å². The van der Waals surface area contributed by atoms with Gasteiger partial charge in [0.2, 0.25) is 5.24 Å². The van der Waals surface area contributed by atoms with E-state index in [4.69, 9.17) is 11.6 Å². The molecule has 1 rings (SSSR count). The molecule has 1 aromatic rings. The summed E-state index contributed by atoms with van der Waals surface area (Å²) < 4.78 is 0. The van der Waals surface area contributed by atoms with E-state index >= 15 is 0 Å². The molecule has 0 aliphatic rings. The molecule has 0 saturated heterocycles. The highest BCUT2D eigenvalue weighted by Crippen LogP contribution is 2.32. The van der Waals surface area contributed by atoms with E-state index in [-0.39, 0.29) is 5.24 Å². The predicted octanol–water partition coefficient (Wildman–Crippen LogP) is 4.05. The standard InChI is InChI=1S/C14H19ClO/c1-11(2)9-14(3,13(15)16)10-12-7-5-4-6-8-12/h4-8,11H,9-10H2,1-3H3. The number of rotatable bonds is 5. The molecular formula is C14H19ClO. The van der Waals surface area contributed by atoms with E-state index < -0.39 is 5.41 Å². The molecule has 0 N–H and O–H groups in total. The first-order chi connectivity index (χ1) is 7.44. The molecule has 0 radical (unpaired) electrons. The summed E-state index contributed by atoms with van der Waals surface area (Å²) >= 11 is 5.74. The first-order valence-electron chi connectivity index (χ1n) is 5.68. The van der Waals surface area contributed by atoms with Crippen LogP contribution in [0.5, 0.6) is 0 Å². The lowest BCUT2D eigenvalue weighted by molar-refractivity contribution is -0.120. The van der Waals surface area contributed by atoms with E-state index in [0.717, 1.165) is 6.42 Å². The van der Waals surface area contributed by atoms with Gasteiger partial charge in [-0.05, 0) is 35.9 Å². The largest absolute Gasteiger partial charge is 0.281 e. The number of hydrogen-bond donors (Lipinski definition) is 0. The highest BCUT2D eigenvalue weighted by molar-refractivity contribution is 6.64. The second-order valence-electron chi connectivity index (χ2n) is 5.09. The predicted molar refractivity (Wildman–Crippen MR) is 68.6 cm³/mol. The topological polar surface area (TPSA) is 17.1 Å². The second kappa shape index (κ2) is 5.49. The highest BCUT2D eigenvalue weighted by Gasteiger charge is 2.32.